The number of benzene rings is 1. The first-order valence-corrected chi connectivity index (χ1v) is 6.28. The molecule has 0 spiro atoms. The molecule has 0 radical (unpaired) electrons. The van der Waals surface area contributed by atoms with Crippen molar-refractivity contribution in [1.29, 1.82) is 0 Å². The molecule has 0 amide bonds. The number of hydrogen-bond acceptors (Lipinski definition) is 3. The Bertz CT molecular complexity index is 710. The monoisotopic (exact) mass is 270 g/mol. The van der Waals surface area contributed by atoms with Gasteiger partial charge in [0.2, 0.25) is 0 Å². The summed E-state index contributed by atoms with van der Waals surface area (Å²) in [6.07, 6.45) is 3.41. The molecule has 0 aliphatic rings. The minimum atomic E-state index is 0.371. The number of rotatable bonds is 3. The second-order valence-corrected chi connectivity index (χ2v) is 4.43. The van der Waals surface area contributed by atoms with Crippen LogP contribution in [0.15, 0.2) is 54.9 Å². The van der Waals surface area contributed by atoms with E-state index in [9.17, 15) is 0 Å². The molecule has 2 heterocycles. The molecule has 0 saturated heterocycles. The third-order valence-electron chi connectivity index (χ3n) is 2.82. The molecule has 19 heavy (non-hydrogen) atoms. The molecule has 0 N–H and O–H groups in total. The van der Waals surface area contributed by atoms with Gasteiger partial charge in [-0.25, -0.2) is 4.98 Å². The fourth-order valence-corrected chi connectivity index (χ4v) is 2.09. The Morgan fingerprint density at radius 3 is 2.63 bits per heavy atom. The predicted octanol–water partition coefficient (Wildman–Crippen LogP) is 3.86. The van der Waals surface area contributed by atoms with Gasteiger partial charge in [-0.1, -0.05) is 35.9 Å². The van der Waals surface area contributed by atoms with Crippen LogP contribution in [-0.2, 0) is 6.61 Å². The summed E-state index contributed by atoms with van der Waals surface area (Å²) in [5, 5.41) is 1.47. The van der Waals surface area contributed by atoms with E-state index in [1.807, 2.05) is 30.3 Å². The van der Waals surface area contributed by atoms with Gasteiger partial charge in [-0.3, -0.25) is 4.98 Å². The molecule has 2 aromatic heterocycles. The van der Waals surface area contributed by atoms with Crippen LogP contribution in [-0.4, -0.2) is 9.97 Å². The van der Waals surface area contributed by atoms with Gasteiger partial charge >= 0.3 is 0 Å². The first-order valence-electron chi connectivity index (χ1n) is 5.90. The van der Waals surface area contributed by atoms with Crippen LogP contribution < -0.4 is 4.74 Å². The van der Waals surface area contributed by atoms with Gasteiger partial charge in [0.1, 0.15) is 6.61 Å². The Hall–Kier alpha value is -2.13. The molecule has 0 bridgehead atoms. The van der Waals surface area contributed by atoms with Crippen molar-refractivity contribution in [2.24, 2.45) is 0 Å². The number of ether oxygens (including phenoxy) is 1. The molecule has 0 atom stereocenters. The van der Waals surface area contributed by atoms with Gasteiger partial charge in [0.25, 0.3) is 0 Å². The SMILES string of the molecule is Clc1ncccc1OCc1cccc2cccnc12. The van der Waals surface area contributed by atoms with Crippen LogP contribution >= 0.6 is 11.6 Å². The zero-order chi connectivity index (χ0) is 13.1. The second kappa shape index (κ2) is 5.24. The first-order chi connectivity index (χ1) is 9.34. The third kappa shape index (κ3) is 2.51. The first kappa shape index (κ1) is 11.9. The number of pyridine rings is 2. The van der Waals surface area contributed by atoms with E-state index in [1.165, 1.54) is 0 Å². The summed E-state index contributed by atoms with van der Waals surface area (Å²) >= 11 is 5.96. The van der Waals surface area contributed by atoms with Gasteiger partial charge in [-0.05, 0) is 18.2 Å². The second-order valence-electron chi connectivity index (χ2n) is 4.07. The van der Waals surface area contributed by atoms with Crippen LogP contribution in [0.25, 0.3) is 10.9 Å². The van der Waals surface area contributed by atoms with Gasteiger partial charge in [-0.2, -0.15) is 0 Å². The normalized spacial score (nSPS) is 10.6. The van der Waals surface area contributed by atoms with Crippen LogP contribution in [0.2, 0.25) is 5.15 Å². The quantitative estimate of drug-likeness (QED) is 0.678. The van der Waals surface area contributed by atoms with Gasteiger partial charge in [0.15, 0.2) is 10.9 Å². The third-order valence-corrected chi connectivity index (χ3v) is 3.11. The molecule has 0 unspecified atom stereocenters. The molecule has 0 aliphatic heterocycles. The zero-order valence-electron chi connectivity index (χ0n) is 10.1. The molecular weight excluding hydrogens is 260 g/mol. The largest absolute Gasteiger partial charge is 0.486 e. The van der Waals surface area contributed by atoms with Crippen LogP contribution in [0.4, 0.5) is 0 Å². The van der Waals surface area contributed by atoms with Gasteiger partial charge < -0.3 is 4.74 Å². The van der Waals surface area contributed by atoms with Gasteiger partial charge in [0, 0.05) is 23.3 Å². The van der Waals surface area contributed by atoms with Crippen molar-refractivity contribution in [2.75, 3.05) is 0 Å². The maximum atomic E-state index is 5.96. The molecule has 0 saturated carbocycles. The van der Waals surface area contributed by atoms with Crippen LogP contribution in [0, 0.1) is 0 Å². The highest BCUT2D eigenvalue weighted by Gasteiger charge is 2.05. The van der Waals surface area contributed by atoms with Crippen LogP contribution in [0.5, 0.6) is 5.75 Å². The van der Waals surface area contributed by atoms with E-state index in [-0.39, 0.29) is 0 Å². The Morgan fingerprint density at radius 2 is 1.74 bits per heavy atom. The Morgan fingerprint density at radius 1 is 0.947 bits per heavy atom. The topological polar surface area (TPSA) is 35.0 Å². The lowest BCUT2D eigenvalue weighted by atomic mass is 10.1. The van der Waals surface area contributed by atoms with Crippen molar-refractivity contribution in [1.82, 2.24) is 9.97 Å². The number of para-hydroxylation sites is 1. The molecule has 94 valence electrons. The van der Waals surface area contributed by atoms with Crippen molar-refractivity contribution in [3.63, 3.8) is 0 Å². The average molecular weight is 271 g/mol. The van der Waals surface area contributed by atoms with E-state index in [1.54, 1.807) is 24.5 Å². The maximum absolute atomic E-state index is 5.96. The van der Waals surface area contributed by atoms with E-state index in [0.717, 1.165) is 16.5 Å². The molecule has 0 aliphatic carbocycles. The standard InChI is InChI=1S/C15H11ClN2O/c16-15-13(7-3-9-18-15)19-10-12-5-1-4-11-6-2-8-17-14(11)12/h1-9H,10H2. The van der Waals surface area contributed by atoms with E-state index in [2.05, 4.69) is 9.97 Å². The van der Waals surface area contributed by atoms with Crippen molar-refractivity contribution < 1.29 is 4.74 Å². The Labute approximate surface area is 115 Å². The van der Waals surface area contributed by atoms with Gasteiger partial charge in [-0.15, -0.1) is 0 Å². The lowest BCUT2D eigenvalue weighted by Gasteiger charge is -2.08. The molecule has 3 rings (SSSR count). The zero-order valence-corrected chi connectivity index (χ0v) is 10.8. The van der Waals surface area contributed by atoms with E-state index in [4.69, 9.17) is 16.3 Å². The Kier molecular flexibility index (Phi) is 3.29. The number of hydrogen-bond donors (Lipinski definition) is 0. The number of fused-ring (bicyclic) bond motifs is 1. The highest BCUT2D eigenvalue weighted by molar-refractivity contribution is 6.30. The molecule has 3 nitrogen and oxygen atoms in total. The van der Waals surface area contributed by atoms with E-state index < -0.39 is 0 Å². The summed E-state index contributed by atoms with van der Waals surface area (Å²) < 4.78 is 5.70. The molecule has 3 aromatic rings. The molecular formula is C15H11ClN2O. The summed E-state index contributed by atoms with van der Waals surface area (Å²) in [6.45, 7) is 0.416. The van der Waals surface area contributed by atoms with E-state index >= 15 is 0 Å². The molecule has 1 aromatic carbocycles. The van der Waals surface area contributed by atoms with Crippen LogP contribution in [0.3, 0.4) is 0 Å². The molecule has 4 heteroatoms. The lowest BCUT2D eigenvalue weighted by Crippen LogP contribution is -1.98. The molecule has 0 fully saturated rings. The van der Waals surface area contributed by atoms with E-state index in [0.29, 0.717) is 17.5 Å². The number of halogens is 1. The highest BCUT2D eigenvalue weighted by Crippen LogP contribution is 2.23. The summed E-state index contributed by atoms with van der Waals surface area (Å²) in [7, 11) is 0. The summed E-state index contributed by atoms with van der Waals surface area (Å²) in [6, 6.07) is 13.6. The average Bonchev–Trinajstić information content (AvgIpc) is 2.46. The van der Waals surface area contributed by atoms with Crippen molar-refractivity contribution >= 4 is 22.5 Å². The fraction of sp³-hybridized carbons (Fsp3) is 0.0667. The van der Waals surface area contributed by atoms with Gasteiger partial charge in [0.05, 0.1) is 5.52 Å². The van der Waals surface area contributed by atoms with Crippen molar-refractivity contribution in [3.05, 3.63) is 65.6 Å². The highest BCUT2D eigenvalue weighted by atomic mass is 35.5. The maximum Gasteiger partial charge on any atom is 0.171 e. The fourth-order valence-electron chi connectivity index (χ4n) is 1.92. The van der Waals surface area contributed by atoms with Crippen LogP contribution in [0.1, 0.15) is 5.56 Å². The lowest BCUT2D eigenvalue weighted by molar-refractivity contribution is 0.306. The predicted molar refractivity (Wildman–Crippen MR) is 75.3 cm³/mol. The summed E-state index contributed by atoms with van der Waals surface area (Å²) in [5.74, 6) is 0.581. The van der Waals surface area contributed by atoms with Crippen molar-refractivity contribution in [2.45, 2.75) is 6.61 Å². The van der Waals surface area contributed by atoms with Crippen molar-refractivity contribution in [3.8, 4) is 5.75 Å². The summed E-state index contributed by atoms with van der Waals surface area (Å²) in [5.41, 5.74) is 1.98. The Balaban J connectivity index is 1.88. The minimum Gasteiger partial charge on any atom is -0.486 e. The summed E-state index contributed by atoms with van der Waals surface area (Å²) in [4.78, 5) is 8.37. The smallest absolute Gasteiger partial charge is 0.171 e. The number of nitrogens with zero attached hydrogens (tertiary/aromatic N) is 2. The minimum absolute atomic E-state index is 0.371. The number of aromatic nitrogens is 2.